The van der Waals surface area contributed by atoms with E-state index in [0.717, 1.165) is 31.4 Å². The number of quaternary nitrogens is 1. The van der Waals surface area contributed by atoms with Crippen LogP contribution in [0.2, 0.25) is 0 Å². The van der Waals surface area contributed by atoms with Gasteiger partial charge in [-0.15, -0.1) is 0 Å². The third-order valence-corrected chi connectivity index (χ3v) is 7.18. The minimum Gasteiger partial charge on any atom is -0.394 e. The molecule has 2 aromatic carbocycles. The summed E-state index contributed by atoms with van der Waals surface area (Å²) in [6.07, 6.45) is 3.27. The zero-order valence-electron chi connectivity index (χ0n) is 18.5. The summed E-state index contributed by atoms with van der Waals surface area (Å²) < 4.78 is 21.1. The van der Waals surface area contributed by atoms with Crippen molar-refractivity contribution in [3.05, 3.63) is 59.7 Å². The zero-order valence-corrected chi connectivity index (χ0v) is 19.3. The maximum absolute atomic E-state index is 13.3. The number of anilines is 1. The minimum absolute atomic E-state index is 0.0360. The van der Waals surface area contributed by atoms with E-state index < -0.39 is 11.3 Å². The Labute approximate surface area is 187 Å². The first-order valence-electron chi connectivity index (χ1n) is 10.6. The van der Waals surface area contributed by atoms with E-state index in [9.17, 15) is 13.6 Å². The molecule has 1 heterocycles. The number of nitrogens with zero attached hydrogens (tertiary/aromatic N) is 2. The lowest BCUT2D eigenvalue weighted by molar-refractivity contribution is -0.131. The number of nitrogens with one attached hydrogen (secondary N) is 1. The van der Waals surface area contributed by atoms with Crippen molar-refractivity contribution in [1.82, 2.24) is 14.1 Å². The highest BCUT2D eigenvalue weighted by Gasteiger charge is 2.31. The topological polar surface area (TPSA) is 95.7 Å². The summed E-state index contributed by atoms with van der Waals surface area (Å²) in [6, 6.07) is 15.8. The Balaban J connectivity index is 1.83. The van der Waals surface area contributed by atoms with Crippen molar-refractivity contribution in [3.63, 3.8) is 0 Å². The van der Waals surface area contributed by atoms with Gasteiger partial charge in [-0.3, -0.25) is 9.35 Å². The first-order valence-corrected chi connectivity index (χ1v) is 11.7. The van der Waals surface area contributed by atoms with Crippen LogP contribution in [0.15, 0.2) is 48.5 Å². The molecule has 7 nitrogen and oxygen atoms in total. The summed E-state index contributed by atoms with van der Waals surface area (Å²) in [4.78, 5) is 15.1. The quantitative estimate of drug-likeness (QED) is 0.330. The third-order valence-electron chi connectivity index (χ3n) is 6.20. The van der Waals surface area contributed by atoms with Crippen LogP contribution in [0.1, 0.15) is 36.4 Å². The Bertz CT molecular complexity index is 930. The highest BCUT2D eigenvalue weighted by molar-refractivity contribution is 7.78. The second kappa shape index (κ2) is 9.91. The Morgan fingerprint density at radius 3 is 2.58 bits per heavy atom. The van der Waals surface area contributed by atoms with E-state index in [1.807, 2.05) is 30.1 Å². The molecule has 1 aliphatic heterocycles. The lowest BCUT2D eigenvalue weighted by atomic mass is 9.96. The SMILES string of the molecule is CN(C(=O)Cc1cccc([N+](C)(C)S(=O)O)c1N)[C@@H](CC1CCCN1)c1ccccc1. The number of hydrogen-bond donors (Lipinski definition) is 3. The molecule has 2 unspecified atom stereocenters. The minimum atomic E-state index is -2.15. The third kappa shape index (κ3) is 5.33. The number of para-hydroxylation sites is 1. The van der Waals surface area contributed by atoms with E-state index in [2.05, 4.69) is 17.4 Å². The first kappa shape index (κ1) is 23.4. The van der Waals surface area contributed by atoms with Gasteiger partial charge in [0, 0.05) is 19.2 Å². The van der Waals surface area contributed by atoms with Gasteiger partial charge >= 0.3 is 11.3 Å². The van der Waals surface area contributed by atoms with Crippen molar-refractivity contribution in [2.24, 2.45) is 0 Å². The fourth-order valence-corrected chi connectivity index (χ4v) is 4.52. The smallest absolute Gasteiger partial charge is 0.363 e. The van der Waals surface area contributed by atoms with Gasteiger partial charge in [0.05, 0.1) is 32.2 Å². The van der Waals surface area contributed by atoms with Gasteiger partial charge in [0.1, 0.15) is 0 Å². The van der Waals surface area contributed by atoms with Gasteiger partial charge in [-0.1, -0.05) is 42.5 Å². The van der Waals surface area contributed by atoms with E-state index in [0.29, 0.717) is 23.0 Å². The monoisotopic (exact) mass is 445 g/mol. The van der Waals surface area contributed by atoms with E-state index in [1.54, 1.807) is 32.3 Å². The lowest BCUT2D eigenvalue weighted by Gasteiger charge is -2.31. The molecule has 168 valence electrons. The molecule has 3 rings (SSSR count). The maximum Gasteiger partial charge on any atom is 0.363 e. The van der Waals surface area contributed by atoms with E-state index in [1.165, 1.54) is 0 Å². The molecule has 1 aliphatic rings. The summed E-state index contributed by atoms with van der Waals surface area (Å²) >= 11 is -2.15. The van der Waals surface area contributed by atoms with Gasteiger partial charge in [0.15, 0.2) is 5.69 Å². The number of rotatable bonds is 8. The number of amides is 1. The number of hydrogen-bond acceptors (Lipinski definition) is 4. The molecule has 3 atom stereocenters. The van der Waals surface area contributed by atoms with Gasteiger partial charge < -0.3 is 16.0 Å². The molecule has 4 N–H and O–H groups in total. The Morgan fingerprint density at radius 1 is 1.26 bits per heavy atom. The molecule has 0 saturated carbocycles. The van der Waals surface area contributed by atoms with Crippen LogP contribution in [0, 0.1) is 0 Å². The second-order valence-corrected chi connectivity index (χ2v) is 9.94. The fraction of sp³-hybridized carbons (Fsp3) is 0.435. The number of benzene rings is 2. The molecular formula is C23H33N4O3S+. The van der Waals surface area contributed by atoms with Crippen LogP contribution in [0.4, 0.5) is 11.4 Å². The van der Waals surface area contributed by atoms with Crippen molar-refractivity contribution in [1.29, 1.82) is 0 Å². The van der Waals surface area contributed by atoms with Gasteiger partial charge in [-0.05, 0) is 36.9 Å². The molecule has 0 aromatic heterocycles. The number of nitrogens with two attached hydrogens (primary N) is 1. The van der Waals surface area contributed by atoms with Crippen molar-refractivity contribution in [2.45, 2.75) is 37.8 Å². The lowest BCUT2D eigenvalue weighted by Crippen LogP contribution is -2.42. The van der Waals surface area contributed by atoms with Gasteiger partial charge in [0.2, 0.25) is 5.91 Å². The van der Waals surface area contributed by atoms with Crippen LogP contribution in [0.3, 0.4) is 0 Å². The molecule has 0 bridgehead atoms. The molecule has 1 amide bonds. The van der Waals surface area contributed by atoms with E-state index in [-0.39, 0.29) is 22.3 Å². The highest BCUT2D eigenvalue weighted by atomic mass is 32.2. The molecule has 0 radical (unpaired) electrons. The number of carbonyl (C=O) groups is 1. The molecule has 8 heteroatoms. The molecule has 31 heavy (non-hydrogen) atoms. The van der Waals surface area contributed by atoms with Gasteiger partial charge in [0.25, 0.3) is 0 Å². The molecule has 1 saturated heterocycles. The maximum atomic E-state index is 13.3. The normalized spacial score (nSPS) is 18.5. The predicted molar refractivity (Wildman–Crippen MR) is 127 cm³/mol. The molecular weight excluding hydrogens is 412 g/mol. The first-order chi connectivity index (χ1) is 14.7. The fourth-order valence-electron chi connectivity index (χ4n) is 4.19. The number of likely N-dealkylation sites (N-methyl/N-ethyl adjacent to an activating group) is 1. The van der Waals surface area contributed by atoms with Crippen LogP contribution < -0.4 is 14.9 Å². The summed E-state index contributed by atoms with van der Waals surface area (Å²) in [6.45, 7) is 1.02. The summed E-state index contributed by atoms with van der Waals surface area (Å²) in [5.74, 6) is -0.0360. The number of nitrogen functional groups attached to an aromatic ring is 1. The predicted octanol–water partition coefficient (Wildman–Crippen LogP) is 2.86. The molecule has 0 aliphatic carbocycles. The van der Waals surface area contributed by atoms with Gasteiger partial charge in [-0.25, -0.2) is 0 Å². The van der Waals surface area contributed by atoms with Crippen molar-refractivity contribution in [3.8, 4) is 0 Å². The van der Waals surface area contributed by atoms with E-state index >= 15 is 0 Å². The second-order valence-electron chi connectivity index (χ2n) is 8.57. The summed E-state index contributed by atoms with van der Waals surface area (Å²) in [5.41, 5.74) is 9.01. The van der Waals surface area contributed by atoms with Crippen LogP contribution in [0.25, 0.3) is 0 Å². The number of carbonyl (C=O) groups excluding carboxylic acids is 1. The van der Waals surface area contributed by atoms with E-state index in [4.69, 9.17) is 5.73 Å². The van der Waals surface area contributed by atoms with Crippen molar-refractivity contribution < 1.29 is 13.6 Å². The van der Waals surface area contributed by atoms with Crippen LogP contribution >= 0.6 is 0 Å². The Morgan fingerprint density at radius 2 is 1.97 bits per heavy atom. The van der Waals surface area contributed by atoms with Crippen molar-refractivity contribution >= 4 is 28.5 Å². The zero-order chi connectivity index (χ0) is 22.6. The standard InChI is InChI=1S/C23H32N4O3S/c1-26(20(16-19-12-8-14-25-19)17-9-5-4-6-10-17)22(28)15-18-11-7-13-21(23(18)24)27(2,3)31(29)30/h4-7,9-11,13,19-20,25H,8,12,14-16,24H2,1-3H3/p+1/t19?,20-/m0/s1. The van der Waals surface area contributed by atoms with Crippen LogP contribution in [-0.2, 0) is 22.5 Å². The Kier molecular flexibility index (Phi) is 7.48. The molecule has 1 fully saturated rings. The summed E-state index contributed by atoms with van der Waals surface area (Å²) in [7, 11) is 5.07. The average molecular weight is 446 g/mol. The largest absolute Gasteiger partial charge is 0.394 e. The van der Waals surface area contributed by atoms with Gasteiger partial charge in [-0.2, -0.15) is 8.10 Å². The van der Waals surface area contributed by atoms with Crippen LogP contribution in [-0.4, -0.2) is 53.3 Å². The molecule has 0 spiro atoms. The average Bonchev–Trinajstić information content (AvgIpc) is 3.26. The van der Waals surface area contributed by atoms with Crippen LogP contribution in [0.5, 0.6) is 0 Å². The highest BCUT2D eigenvalue weighted by Crippen LogP contribution is 2.32. The Hall–Kier alpha value is -2.26. The van der Waals surface area contributed by atoms with Crippen molar-refractivity contribution in [2.75, 3.05) is 33.4 Å². The molecule has 2 aromatic rings. The summed E-state index contributed by atoms with van der Waals surface area (Å²) in [5, 5.41) is 3.53.